The van der Waals surface area contributed by atoms with E-state index in [9.17, 15) is 5.11 Å². The molecule has 0 amide bonds. The summed E-state index contributed by atoms with van der Waals surface area (Å²) >= 11 is 0. The summed E-state index contributed by atoms with van der Waals surface area (Å²) in [6.07, 6.45) is 0.902. The molecule has 0 radical (unpaired) electrons. The van der Waals surface area contributed by atoms with Gasteiger partial charge in [0.1, 0.15) is 11.6 Å². The summed E-state index contributed by atoms with van der Waals surface area (Å²) in [5.41, 5.74) is 1.15. The van der Waals surface area contributed by atoms with Crippen LogP contribution < -0.4 is 14.2 Å². The van der Waals surface area contributed by atoms with Crippen molar-refractivity contribution in [1.82, 2.24) is 4.90 Å². The lowest BCUT2D eigenvalue weighted by Gasteiger charge is -2.32. The zero-order chi connectivity index (χ0) is 15.9. The molecule has 0 unspecified atom stereocenters. The Balaban J connectivity index is 2.14. The van der Waals surface area contributed by atoms with Crippen LogP contribution >= 0.6 is 0 Å². The first-order valence-electron chi connectivity index (χ1n) is 7.35. The first-order chi connectivity index (χ1) is 10.4. The maximum Gasteiger partial charge on any atom is 0.231 e. The lowest BCUT2D eigenvalue weighted by Crippen LogP contribution is -2.32. The minimum Gasteiger partial charge on any atom is -0.492 e. The predicted octanol–water partition coefficient (Wildman–Crippen LogP) is 1.73. The molecule has 2 heterocycles. The van der Waals surface area contributed by atoms with Crippen molar-refractivity contribution in [3.05, 3.63) is 17.2 Å². The third kappa shape index (κ3) is 2.60. The molecule has 0 aromatic heterocycles. The number of hydrogen-bond donors (Lipinski definition) is 1. The van der Waals surface area contributed by atoms with Crippen LogP contribution in [-0.2, 0) is 6.42 Å². The van der Waals surface area contributed by atoms with Gasteiger partial charge in [0.2, 0.25) is 12.5 Å². The van der Waals surface area contributed by atoms with Gasteiger partial charge in [0.15, 0.2) is 11.5 Å². The van der Waals surface area contributed by atoms with Crippen molar-refractivity contribution in [2.75, 3.05) is 27.5 Å². The lowest BCUT2D eigenvalue weighted by molar-refractivity contribution is 0.143. The van der Waals surface area contributed by atoms with Gasteiger partial charge >= 0.3 is 0 Å². The first-order valence-corrected chi connectivity index (χ1v) is 7.35. The van der Waals surface area contributed by atoms with Crippen molar-refractivity contribution in [2.24, 2.45) is 0 Å². The van der Waals surface area contributed by atoms with Gasteiger partial charge < -0.3 is 19.3 Å². The highest BCUT2D eigenvalue weighted by molar-refractivity contribution is 5.62. The largest absolute Gasteiger partial charge is 0.492 e. The number of likely N-dealkylation sites (N-methyl/N-ethyl adjacent to an activating group) is 1. The number of methoxy groups -OCH3 is 1. The molecule has 118 valence electrons. The van der Waals surface area contributed by atoms with Crippen molar-refractivity contribution in [3.8, 4) is 29.1 Å². The molecule has 0 spiro atoms. The molecule has 0 saturated carbocycles. The summed E-state index contributed by atoms with van der Waals surface area (Å²) < 4.78 is 16.6. The smallest absolute Gasteiger partial charge is 0.231 e. The van der Waals surface area contributed by atoms with E-state index in [1.54, 1.807) is 21.0 Å². The molecule has 5 nitrogen and oxygen atoms in total. The van der Waals surface area contributed by atoms with Crippen LogP contribution in [0.1, 0.15) is 31.0 Å². The number of fused-ring (bicyclic) bond motifs is 2. The summed E-state index contributed by atoms with van der Waals surface area (Å²) in [6.45, 7) is 4.46. The Bertz CT molecular complexity index is 651. The average molecular weight is 303 g/mol. The van der Waals surface area contributed by atoms with Gasteiger partial charge in [-0.25, -0.2) is 0 Å². The minimum absolute atomic E-state index is 0.139. The molecule has 1 aromatic carbocycles. The van der Waals surface area contributed by atoms with Gasteiger partial charge in [-0.1, -0.05) is 11.8 Å². The van der Waals surface area contributed by atoms with E-state index in [4.69, 9.17) is 14.2 Å². The Hall–Kier alpha value is -1.90. The van der Waals surface area contributed by atoms with Crippen LogP contribution in [0.4, 0.5) is 0 Å². The quantitative estimate of drug-likeness (QED) is 0.801. The molecule has 0 bridgehead atoms. The van der Waals surface area contributed by atoms with E-state index in [0.717, 1.165) is 29.8 Å². The van der Waals surface area contributed by atoms with E-state index in [-0.39, 0.29) is 12.8 Å². The summed E-state index contributed by atoms with van der Waals surface area (Å²) in [6, 6.07) is 1.88. The van der Waals surface area contributed by atoms with Gasteiger partial charge in [0.25, 0.3) is 0 Å². The zero-order valence-electron chi connectivity index (χ0n) is 13.4. The molecular weight excluding hydrogens is 282 g/mol. The Morgan fingerprint density at radius 3 is 2.86 bits per heavy atom. The predicted molar refractivity (Wildman–Crippen MR) is 82.3 cm³/mol. The SMILES string of the molecule is COc1c2c(cc3c1[C@H](C#CC(C)(C)O)N(C)CC3)OCO2. The van der Waals surface area contributed by atoms with E-state index in [2.05, 4.69) is 16.7 Å². The summed E-state index contributed by atoms with van der Waals surface area (Å²) in [7, 11) is 3.66. The molecule has 0 saturated heterocycles. The molecule has 3 rings (SSSR count). The van der Waals surface area contributed by atoms with Crippen molar-refractivity contribution < 1.29 is 19.3 Å². The van der Waals surface area contributed by atoms with Crippen molar-refractivity contribution >= 4 is 0 Å². The zero-order valence-corrected chi connectivity index (χ0v) is 13.4. The number of ether oxygens (including phenoxy) is 3. The van der Waals surface area contributed by atoms with Gasteiger partial charge in [-0.15, -0.1) is 0 Å². The number of benzene rings is 1. The van der Waals surface area contributed by atoms with E-state index in [1.165, 1.54) is 0 Å². The van der Waals surface area contributed by atoms with E-state index < -0.39 is 5.60 Å². The van der Waals surface area contributed by atoms with Crippen LogP contribution in [-0.4, -0.2) is 43.1 Å². The van der Waals surface area contributed by atoms with Crippen molar-refractivity contribution in [3.63, 3.8) is 0 Å². The number of aliphatic hydroxyl groups is 1. The second kappa shape index (κ2) is 5.38. The van der Waals surface area contributed by atoms with Crippen LogP contribution in [0.5, 0.6) is 17.2 Å². The van der Waals surface area contributed by atoms with E-state index >= 15 is 0 Å². The van der Waals surface area contributed by atoms with Gasteiger partial charge in [-0.2, -0.15) is 0 Å². The monoisotopic (exact) mass is 303 g/mol. The van der Waals surface area contributed by atoms with E-state index in [1.807, 2.05) is 13.1 Å². The topological polar surface area (TPSA) is 51.2 Å². The highest BCUT2D eigenvalue weighted by Crippen LogP contribution is 2.49. The first kappa shape index (κ1) is 15.0. The highest BCUT2D eigenvalue weighted by Gasteiger charge is 2.33. The molecule has 5 heteroatoms. The van der Waals surface area contributed by atoms with Crippen LogP contribution in [0.25, 0.3) is 0 Å². The molecule has 1 atom stereocenters. The standard InChI is InChI=1S/C17H21NO4/c1-17(2,19)7-5-12-14-11(6-8-18(12)3)9-13-15(16(14)20-4)22-10-21-13/h9,12,19H,6,8,10H2,1-4H3/t12-/m0/s1. The second-order valence-electron chi connectivity index (χ2n) is 6.18. The Kier molecular flexibility index (Phi) is 3.67. The highest BCUT2D eigenvalue weighted by atomic mass is 16.7. The normalized spacial score (nSPS) is 20.1. The average Bonchev–Trinajstić information content (AvgIpc) is 2.91. The summed E-state index contributed by atoms with van der Waals surface area (Å²) in [5.74, 6) is 8.16. The summed E-state index contributed by atoms with van der Waals surface area (Å²) in [4.78, 5) is 2.16. The molecule has 1 N–H and O–H groups in total. The lowest BCUT2D eigenvalue weighted by atomic mass is 9.91. The third-order valence-corrected chi connectivity index (χ3v) is 3.91. The fraction of sp³-hybridized carbons (Fsp3) is 0.529. The van der Waals surface area contributed by atoms with Gasteiger partial charge in [0, 0.05) is 12.1 Å². The molecule has 22 heavy (non-hydrogen) atoms. The number of hydrogen-bond acceptors (Lipinski definition) is 5. The van der Waals surface area contributed by atoms with Gasteiger partial charge in [0.05, 0.1) is 7.11 Å². The molecular formula is C17H21NO4. The van der Waals surface area contributed by atoms with Crippen LogP contribution in [0.2, 0.25) is 0 Å². The molecule has 1 aromatic rings. The maximum atomic E-state index is 9.90. The molecule has 2 aliphatic rings. The minimum atomic E-state index is -1.03. The number of nitrogens with zero attached hydrogens (tertiary/aromatic N) is 1. The third-order valence-electron chi connectivity index (χ3n) is 3.91. The van der Waals surface area contributed by atoms with Gasteiger partial charge in [-0.05, 0) is 38.9 Å². The number of rotatable bonds is 1. The van der Waals surface area contributed by atoms with Gasteiger partial charge in [-0.3, -0.25) is 4.90 Å². The Morgan fingerprint density at radius 1 is 1.41 bits per heavy atom. The fourth-order valence-corrected chi connectivity index (χ4v) is 2.86. The Morgan fingerprint density at radius 2 is 2.18 bits per heavy atom. The van der Waals surface area contributed by atoms with Crippen LogP contribution in [0, 0.1) is 11.8 Å². The summed E-state index contributed by atoms with van der Waals surface area (Å²) in [5, 5.41) is 9.90. The maximum absolute atomic E-state index is 9.90. The molecule has 0 aliphatic carbocycles. The molecule has 0 fully saturated rings. The second-order valence-corrected chi connectivity index (χ2v) is 6.18. The van der Waals surface area contributed by atoms with Crippen LogP contribution in [0.3, 0.4) is 0 Å². The van der Waals surface area contributed by atoms with Crippen molar-refractivity contribution in [2.45, 2.75) is 31.9 Å². The van der Waals surface area contributed by atoms with E-state index in [0.29, 0.717) is 11.5 Å². The van der Waals surface area contributed by atoms with Crippen molar-refractivity contribution in [1.29, 1.82) is 0 Å². The Labute approximate surface area is 130 Å². The fourth-order valence-electron chi connectivity index (χ4n) is 2.86. The van der Waals surface area contributed by atoms with Crippen LogP contribution in [0.15, 0.2) is 6.07 Å². The molecule has 2 aliphatic heterocycles.